The van der Waals surface area contributed by atoms with Gasteiger partial charge < -0.3 is 10.8 Å². The van der Waals surface area contributed by atoms with E-state index in [2.05, 4.69) is 13.8 Å². The van der Waals surface area contributed by atoms with Gasteiger partial charge in [-0.15, -0.1) is 0 Å². The fourth-order valence-electron chi connectivity index (χ4n) is 3.68. The summed E-state index contributed by atoms with van der Waals surface area (Å²) in [5, 5.41) is 10.2. The lowest BCUT2D eigenvalue weighted by Crippen LogP contribution is -2.46. The van der Waals surface area contributed by atoms with Crippen molar-refractivity contribution in [2.75, 3.05) is 0 Å². The normalized spacial score (nSPS) is 15.4. The van der Waals surface area contributed by atoms with Crippen LogP contribution in [0.5, 0.6) is 0 Å². The van der Waals surface area contributed by atoms with E-state index >= 15 is 0 Å². The van der Waals surface area contributed by atoms with Crippen molar-refractivity contribution in [3.8, 4) is 0 Å². The number of rotatable bonds is 18. The molecule has 24 heavy (non-hydrogen) atoms. The third-order valence-electron chi connectivity index (χ3n) is 5.67. The van der Waals surface area contributed by atoms with Gasteiger partial charge in [0.05, 0.1) is 0 Å². The molecule has 0 fully saturated rings. The quantitative estimate of drug-likeness (QED) is 0.209. The summed E-state index contributed by atoms with van der Waals surface area (Å²) in [6, 6.07) is 0. The number of aliphatic hydroxyl groups is 1. The van der Waals surface area contributed by atoms with E-state index in [1.807, 2.05) is 6.92 Å². The molecule has 0 aliphatic carbocycles. The van der Waals surface area contributed by atoms with Gasteiger partial charge in [0.2, 0.25) is 0 Å². The first-order valence-corrected chi connectivity index (χ1v) is 11.1. The zero-order valence-electron chi connectivity index (χ0n) is 17.1. The Morgan fingerprint density at radius 3 is 1.38 bits per heavy atom. The summed E-state index contributed by atoms with van der Waals surface area (Å²) in [7, 11) is 0. The molecular formula is C22H47NO. The summed E-state index contributed by atoms with van der Waals surface area (Å²) in [6.45, 7) is 6.40. The lowest BCUT2D eigenvalue weighted by Gasteiger charge is -2.31. The molecule has 0 aliphatic heterocycles. The summed E-state index contributed by atoms with van der Waals surface area (Å²) >= 11 is 0. The standard InChI is InChI=1S/C22H47NO/c1-4-7-8-9-10-11-12-13-14-15-16-17-18-19-20-21(5-2)22(23,24)6-3/h21,24H,4-20,23H2,1-3H3. The van der Waals surface area contributed by atoms with Crippen molar-refractivity contribution in [3.05, 3.63) is 0 Å². The van der Waals surface area contributed by atoms with Crippen LogP contribution in [0.25, 0.3) is 0 Å². The molecule has 0 saturated carbocycles. The number of unbranched alkanes of at least 4 members (excludes halogenated alkanes) is 13. The fraction of sp³-hybridized carbons (Fsp3) is 1.00. The van der Waals surface area contributed by atoms with E-state index in [-0.39, 0.29) is 5.92 Å². The molecule has 0 amide bonds. The minimum Gasteiger partial charge on any atom is -0.376 e. The largest absolute Gasteiger partial charge is 0.376 e. The maximum Gasteiger partial charge on any atom is 0.116 e. The van der Waals surface area contributed by atoms with Gasteiger partial charge in [0.25, 0.3) is 0 Å². The molecule has 0 spiro atoms. The van der Waals surface area contributed by atoms with Crippen LogP contribution in [-0.4, -0.2) is 10.8 Å². The topological polar surface area (TPSA) is 46.2 Å². The zero-order valence-corrected chi connectivity index (χ0v) is 17.1. The predicted octanol–water partition coefficient (Wildman–Crippen LogP) is 6.94. The van der Waals surface area contributed by atoms with Gasteiger partial charge in [-0.2, -0.15) is 0 Å². The average molecular weight is 342 g/mol. The summed E-state index contributed by atoms with van der Waals surface area (Å²) in [4.78, 5) is 0. The van der Waals surface area contributed by atoms with Crippen molar-refractivity contribution in [3.63, 3.8) is 0 Å². The van der Waals surface area contributed by atoms with E-state index in [9.17, 15) is 5.11 Å². The Hall–Kier alpha value is -0.0800. The van der Waals surface area contributed by atoms with Crippen molar-refractivity contribution in [1.29, 1.82) is 0 Å². The Labute approximate surface area is 153 Å². The van der Waals surface area contributed by atoms with Crippen molar-refractivity contribution in [1.82, 2.24) is 0 Å². The van der Waals surface area contributed by atoms with Crippen LogP contribution in [0.1, 0.15) is 130 Å². The Morgan fingerprint density at radius 2 is 1.04 bits per heavy atom. The van der Waals surface area contributed by atoms with E-state index in [1.54, 1.807) is 0 Å². The highest BCUT2D eigenvalue weighted by atomic mass is 16.3. The average Bonchev–Trinajstić information content (AvgIpc) is 2.58. The maximum atomic E-state index is 10.2. The summed E-state index contributed by atoms with van der Waals surface area (Å²) in [5.41, 5.74) is 5.03. The first-order chi connectivity index (χ1) is 11.6. The van der Waals surface area contributed by atoms with Gasteiger partial charge in [-0.05, 0) is 19.3 Å². The van der Waals surface area contributed by atoms with Crippen LogP contribution in [0.3, 0.4) is 0 Å². The maximum absolute atomic E-state index is 10.2. The van der Waals surface area contributed by atoms with Crippen molar-refractivity contribution >= 4 is 0 Å². The molecule has 0 bridgehead atoms. The van der Waals surface area contributed by atoms with Gasteiger partial charge >= 0.3 is 0 Å². The van der Waals surface area contributed by atoms with Crippen LogP contribution in [0.4, 0.5) is 0 Å². The molecule has 0 aliphatic rings. The molecule has 0 heterocycles. The van der Waals surface area contributed by atoms with Gasteiger partial charge in [-0.1, -0.05) is 111 Å². The van der Waals surface area contributed by atoms with E-state index < -0.39 is 5.72 Å². The molecule has 2 nitrogen and oxygen atoms in total. The highest BCUT2D eigenvalue weighted by Gasteiger charge is 2.28. The van der Waals surface area contributed by atoms with E-state index in [1.165, 1.54) is 89.9 Å². The van der Waals surface area contributed by atoms with Gasteiger partial charge in [0, 0.05) is 5.92 Å². The highest BCUT2D eigenvalue weighted by molar-refractivity contribution is 4.78. The van der Waals surface area contributed by atoms with Crippen LogP contribution in [0, 0.1) is 5.92 Å². The molecule has 3 N–H and O–H groups in total. The van der Waals surface area contributed by atoms with Crippen molar-refractivity contribution in [2.45, 2.75) is 136 Å². The molecule has 0 rings (SSSR count). The van der Waals surface area contributed by atoms with E-state index in [0.29, 0.717) is 6.42 Å². The second-order valence-electron chi connectivity index (χ2n) is 7.83. The second kappa shape index (κ2) is 16.4. The third kappa shape index (κ3) is 13.2. The second-order valence-corrected chi connectivity index (χ2v) is 7.83. The molecule has 0 radical (unpaired) electrons. The Kier molecular flexibility index (Phi) is 16.3. The van der Waals surface area contributed by atoms with Gasteiger partial charge in [-0.25, -0.2) is 0 Å². The van der Waals surface area contributed by atoms with Crippen LogP contribution < -0.4 is 5.73 Å². The Bertz CT molecular complexity index is 252. The molecule has 0 aromatic rings. The van der Waals surface area contributed by atoms with Crippen molar-refractivity contribution in [2.24, 2.45) is 11.7 Å². The summed E-state index contributed by atoms with van der Waals surface area (Å²) in [5.74, 6) is 0.264. The SMILES string of the molecule is CCCCCCCCCCCCCCCCC(CC)C(N)(O)CC. The molecule has 2 atom stereocenters. The number of nitrogens with two attached hydrogens (primary N) is 1. The molecule has 2 unspecified atom stereocenters. The number of hydrogen-bond acceptors (Lipinski definition) is 2. The third-order valence-corrected chi connectivity index (χ3v) is 5.67. The molecule has 0 saturated heterocycles. The minimum absolute atomic E-state index is 0.264. The monoisotopic (exact) mass is 341 g/mol. The lowest BCUT2D eigenvalue weighted by atomic mass is 9.86. The van der Waals surface area contributed by atoms with Crippen molar-refractivity contribution < 1.29 is 5.11 Å². The Morgan fingerprint density at radius 1 is 0.667 bits per heavy atom. The molecule has 146 valence electrons. The molecular weight excluding hydrogens is 294 g/mol. The molecule has 2 heteroatoms. The van der Waals surface area contributed by atoms with Gasteiger partial charge in [-0.3, -0.25) is 0 Å². The first kappa shape index (κ1) is 23.9. The fourth-order valence-corrected chi connectivity index (χ4v) is 3.68. The molecule has 0 aromatic heterocycles. The van der Waals surface area contributed by atoms with Crippen LogP contribution in [0.2, 0.25) is 0 Å². The summed E-state index contributed by atoms with van der Waals surface area (Å²) < 4.78 is 0. The van der Waals surface area contributed by atoms with Crippen LogP contribution in [0.15, 0.2) is 0 Å². The highest BCUT2D eigenvalue weighted by Crippen LogP contribution is 2.25. The smallest absolute Gasteiger partial charge is 0.116 e. The first-order valence-electron chi connectivity index (χ1n) is 11.1. The lowest BCUT2D eigenvalue weighted by molar-refractivity contribution is -0.0225. The van der Waals surface area contributed by atoms with Crippen LogP contribution >= 0.6 is 0 Å². The summed E-state index contributed by atoms with van der Waals surface area (Å²) in [6.07, 6.45) is 22.2. The van der Waals surface area contributed by atoms with Gasteiger partial charge in [0.1, 0.15) is 5.72 Å². The van der Waals surface area contributed by atoms with E-state index in [4.69, 9.17) is 5.73 Å². The zero-order chi connectivity index (χ0) is 18.1. The number of hydrogen-bond donors (Lipinski definition) is 2. The minimum atomic E-state index is -0.953. The predicted molar refractivity (Wildman–Crippen MR) is 108 cm³/mol. The van der Waals surface area contributed by atoms with E-state index in [0.717, 1.165) is 12.8 Å². The molecule has 0 aromatic carbocycles. The Balaban J connectivity index is 3.31. The van der Waals surface area contributed by atoms with Gasteiger partial charge in [0.15, 0.2) is 0 Å². The van der Waals surface area contributed by atoms with Crippen LogP contribution in [-0.2, 0) is 0 Å².